The molecule has 0 unspecified atom stereocenters. The molecule has 0 saturated carbocycles. The Morgan fingerprint density at radius 2 is 1.68 bits per heavy atom. The van der Waals surface area contributed by atoms with Crippen LogP contribution in [0.2, 0.25) is 0 Å². The van der Waals surface area contributed by atoms with Gasteiger partial charge in [-0.3, -0.25) is 4.98 Å². The van der Waals surface area contributed by atoms with E-state index >= 15 is 0 Å². The topological polar surface area (TPSA) is 78.0 Å². The third-order valence-corrected chi connectivity index (χ3v) is 5.90. The van der Waals surface area contributed by atoms with Crippen molar-refractivity contribution in [1.82, 2.24) is 9.55 Å². The number of sulfonamides is 1. The molecule has 0 amide bonds. The summed E-state index contributed by atoms with van der Waals surface area (Å²) in [6.45, 7) is 4.72. The summed E-state index contributed by atoms with van der Waals surface area (Å²) in [5.74, 6) is 0. The second-order valence-electron chi connectivity index (χ2n) is 6.98. The maximum Gasteiger partial charge on any atom is 0.238 e. The summed E-state index contributed by atoms with van der Waals surface area (Å²) < 4.78 is 25.2. The van der Waals surface area contributed by atoms with E-state index in [0.717, 1.165) is 38.9 Å². The standard InChI is InChI=1S/C22H21N3O2S/c1-15-13-25(14-17-8-10-19(11-9-17)28(23,26)27)22-20(15)12-24-16(2)21(22)18-6-4-3-5-7-18/h3-13H,14H2,1-2H3,(H2,23,26,27). The van der Waals surface area contributed by atoms with Crippen molar-refractivity contribution < 1.29 is 8.42 Å². The molecule has 2 aromatic carbocycles. The summed E-state index contributed by atoms with van der Waals surface area (Å²) >= 11 is 0. The zero-order chi connectivity index (χ0) is 19.9. The molecule has 2 heterocycles. The highest BCUT2D eigenvalue weighted by Crippen LogP contribution is 2.33. The fourth-order valence-corrected chi connectivity index (χ4v) is 4.12. The number of pyridine rings is 1. The Balaban J connectivity index is 1.85. The lowest BCUT2D eigenvalue weighted by atomic mass is 10.0. The SMILES string of the molecule is Cc1ncc2c(C)cn(Cc3ccc(S(N)(=O)=O)cc3)c2c1-c1ccccc1. The molecule has 5 nitrogen and oxygen atoms in total. The number of hydrogen-bond donors (Lipinski definition) is 1. The predicted octanol–water partition coefficient (Wildman–Crippen LogP) is 4.02. The number of rotatable bonds is 4. The molecule has 0 aliphatic carbocycles. The highest BCUT2D eigenvalue weighted by Gasteiger charge is 2.15. The van der Waals surface area contributed by atoms with Gasteiger partial charge in [0.1, 0.15) is 0 Å². The minimum atomic E-state index is -3.69. The van der Waals surface area contributed by atoms with Gasteiger partial charge in [0.05, 0.1) is 10.4 Å². The molecule has 142 valence electrons. The van der Waals surface area contributed by atoms with Gasteiger partial charge in [-0.2, -0.15) is 0 Å². The second kappa shape index (κ2) is 6.89. The fraction of sp³-hybridized carbons (Fsp3) is 0.136. The maximum atomic E-state index is 11.5. The van der Waals surface area contributed by atoms with Crippen LogP contribution < -0.4 is 5.14 Å². The molecule has 0 atom stereocenters. The van der Waals surface area contributed by atoms with Gasteiger partial charge in [0, 0.05) is 35.6 Å². The molecule has 6 heteroatoms. The molecule has 0 aliphatic heterocycles. The molecular weight excluding hydrogens is 370 g/mol. The van der Waals surface area contributed by atoms with Crippen LogP contribution in [0.15, 0.2) is 71.9 Å². The zero-order valence-corrected chi connectivity index (χ0v) is 16.6. The van der Waals surface area contributed by atoms with Gasteiger partial charge in [-0.15, -0.1) is 0 Å². The van der Waals surface area contributed by atoms with Crippen LogP contribution in [0.3, 0.4) is 0 Å². The molecule has 28 heavy (non-hydrogen) atoms. The minimum Gasteiger partial charge on any atom is -0.342 e. The molecule has 4 rings (SSSR count). The van der Waals surface area contributed by atoms with Gasteiger partial charge in [-0.1, -0.05) is 42.5 Å². The number of nitrogens with two attached hydrogens (primary N) is 1. The monoisotopic (exact) mass is 391 g/mol. The van der Waals surface area contributed by atoms with Crippen molar-refractivity contribution in [3.63, 3.8) is 0 Å². The third kappa shape index (κ3) is 3.32. The normalized spacial score (nSPS) is 11.8. The molecule has 0 aliphatic rings. The van der Waals surface area contributed by atoms with Crippen molar-refractivity contribution in [3.05, 3.63) is 83.8 Å². The Bertz CT molecular complexity index is 1260. The number of hydrogen-bond acceptors (Lipinski definition) is 3. The Kier molecular flexibility index (Phi) is 4.53. The van der Waals surface area contributed by atoms with Gasteiger partial charge in [0.2, 0.25) is 10.0 Å². The predicted molar refractivity (Wildman–Crippen MR) is 112 cm³/mol. The van der Waals surface area contributed by atoms with Crippen LogP contribution in [0.25, 0.3) is 22.0 Å². The van der Waals surface area contributed by atoms with Gasteiger partial charge < -0.3 is 4.57 Å². The van der Waals surface area contributed by atoms with Gasteiger partial charge in [-0.05, 0) is 42.7 Å². The number of aryl methyl sites for hydroxylation is 2. The van der Waals surface area contributed by atoms with E-state index in [0.29, 0.717) is 6.54 Å². The van der Waals surface area contributed by atoms with E-state index in [-0.39, 0.29) is 4.90 Å². The number of primary sulfonamides is 1. The molecule has 0 fully saturated rings. The summed E-state index contributed by atoms with van der Waals surface area (Å²) in [7, 11) is -3.69. The molecule has 2 aromatic heterocycles. The van der Waals surface area contributed by atoms with E-state index in [1.54, 1.807) is 24.3 Å². The van der Waals surface area contributed by atoms with Crippen molar-refractivity contribution in [2.24, 2.45) is 5.14 Å². The number of benzene rings is 2. The van der Waals surface area contributed by atoms with Crippen LogP contribution in [0.5, 0.6) is 0 Å². The lowest BCUT2D eigenvalue weighted by Crippen LogP contribution is -2.12. The van der Waals surface area contributed by atoms with Crippen LogP contribution in [0, 0.1) is 13.8 Å². The van der Waals surface area contributed by atoms with E-state index in [1.165, 1.54) is 0 Å². The van der Waals surface area contributed by atoms with Gasteiger partial charge in [0.15, 0.2) is 0 Å². The molecule has 0 radical (unpaired) electrons. The molecular formula is C22H21N3O2S. The van der Waals surface area contributed by atoms with Gasteiger partial charge >= 0.3 is 0 Å². The number of fused-ring (bicyclic) bond motifs is 1. The van der Waals surface area contributed by atoms with Crippen LogP contribution in [-0.2, 0) is 16.6 Å². The summed E-state index contributed by atoms with van der Waals surface area (Å²) in [5, 5.41) is 6.31. The molecule has 0 spiro atoms. The van der Waals surface area contributed by atoms with Crippen LogP contribution >= 0.6 is 0 Å². The molecule has 2 N–H and O–H groups in total. The number of nitrogens with zero attached hydrogens (tertiary/aromatic N) is 2. The highest BCUT2D eigenvalue weighted by atomic mass is 32.2. The number of aromatic nitrogens is 2. The van der Waals surface area contributed by atoms with Crippen LogP contribution in [0.1, 0.15) is 16.8 Å². The largest absolute Gasteiger partial charge is 0.342 e. The lowest BCUT2D eigenvalue weighted by molar-refractivity contribution is 0.597. The Labute approximate surface area is 164 Å². The fourth-order valence-electron chi connectivity index (χ4n) is 3.60. The van der Waals surface area contributed by atoms with E-state index in [4.69, 9.17) is 5.14 Å². The Morgan fingerprint density at radius 3 is 2.32 bits per heavy atom. The lowest BCUT2D eigenvalue weighted by Gasteiger charge is -2.13. The first-order valence-corrected chi connectivity index (χ1v) is 10.5. The van der Waals surface area contributed by atoms with Gasteiger partial charge in [-0.25, -0.2) is 13.6 Å². The average molecular weight is 391 g/mol. The molecule has 4 aromatic rings. The van der Waals surface area contributed by atoms with E-state index < -0.39 is 10.0 Å². The highest BCUT2D eigenvalue weighted by molar-refractivity contribution is 7.89. The van der Waals surface area contributed by atoms with Crippen LogP contribution in [0.4, 0.5) is 0 Å². The molecule has 0 bridgehead atoms. The van der Waals surface area contributed by atoms with E-state index in [1.807, 2.05) is 31.3 Å². The zero-order valence-electron chi connectivity index (χ0n) is 15.8. The summed E-state index contributed by atoms with van der Waals surface area (Å²) in [6.07, 6.45) is 4.04. The van der Waals surface area contributed by atoms with Crippen molar-refractivity contribution >= 4 is 20.9 Å². The van der Waals surface area contributed by atoms with Crippen molar-refractivity contribution in [1.29, 1.82) is 0 Å². The quantitative estimate of drug-likeness (QED) is 0.571. The van der Waals surface area contributed by atoms with E-state index in [2.05, 4.69) is 34.8 Å². The Morgan fingerprint density at radius 1 is 1.00 bits per heavy atom. The average Bonchev–Trinajstić information content (AvgIpc) is 2.97. The Hall–Kier alpha value is -2.96. The summed E-state index contributed by atoms with van der Waals surface area (Å²) in [6, 6.07) is 17.0. The van der Waals surface area contributed by atoms with Gasteiger partial charge in [0.25, 0.3) is 0 Å². The van der Waals surface area contributed by atoms with E-state index in [9.17, 15) is 8.42 Å². The maximum absolute atomic E-state index is 11.5. The summed E-state index contributed by atoms with van der Waals surface area (Å²) in [5.41, 5.74) is 6.50. The smallest absolute Gasteiger partial charge is 0.238 e. The first-order chi connectivity index (χ1) is 13.3. The van der Waals surface area contributed by atoms with Crippen LogP contribution in [-0.4, -0.2) is 18.0 Å². The second-order valence-corrected chi connectivity index (χ2v) is 8.54. The van der Waals surface area contributed by atoms with Crippen molar-refractivity contribution in [2.45, 2.75) is 25.3 Å². The minimum absolute atomic E-state index is 0.120. The first kappa shape index (κ1) is 18.4. The van der Waals surface area contributed by atoms with Crippen molar-refractivity contribution in [3.8, 4) is 11.1 Å². The third-order valence-electron chi connectivity index (χ3n) is 4.97. The summed E-state index contributed by atoms with van der Waals surface area (Å²) in [4.78, 5) is 4.73. The van der Waals surface area contributed by atoms with Crippen molar-refractivity contribution in [2.75, 3.05) is 0 Å². The molecule has 0 saturated heterocycles. The first-order valence-electron chi connectivity index (χ1n) is 8.97.